The quantitative estimate of drug-likeness (QED) is 0.0715. The molecule has 0 radical (unpaired) electrons. The Bertz CT molecular complexity index is 3140. The second kappa shape index (κ2) is 17.1. The Labute approximate surface area is 373 Å². The molecule has 0 bridgehead atoms. The Morgan fingerprint density at radius 3 is 2.06 bits per heavy atom. The summed E-state index contributed by atoms with van der Waals surface area (Å²) in [5.74, 6) is 0.623. The first-order valence-electron chi connectivity index (χ1n) is 21.5. The molecule has 328 valence electrons. The van der Waals surface area contributed by atoms with E-state index < -0.39 is 35.7 Å². The first-order valence-corrected chi connectivity index (χ1v) is 21.5. The third kappa shape index (κ3) is 7.41. The Morgan fingerprint density at radius 2 is 1.42 bits per heavy atom. The number of hydrogen-bond donors (Lipinski definition) is 3. The van der Waals surface area contributed by atoms with Gasteiger partial charge in [0.1, 0.15) is 35.4 Å². The second-order valence-corrected chi connectivity index (χ2v) is 16.6. The maximum Gasteiger partial charge on any atom is 0.280 e. The molecule has 0 saturated carbocycles. The fraction of sp³-hybridized carbons (Fsp3) is 0.231. The molecule has 3 N–H and O–H groups in total. The lowest BCUT2D eigenvalue weighted by Crippen LogP contribution is -2.40. The molecule has 4 atom stereocenters. The fourth-order valence-corrected chi connectivity index (χ4v) is 9.08. The molecule has 1 fully saturated rings. The van der Waals surface area contributed by atoms with Crippen LogP contribution in [-0.4, -0.2) is 69.7 Å². The van der Waals surface area contributed by atoms with Crippen LogP contribution in [0.3, 0.4) is 0 Å². The molecule has 7 aromatic carbocycles. The van der Waals surface area contributed by atoms with Crippen LogP contribution in [0, 0.1) is 5.92 Å². The van der Waals surface area contributed by atoms with Crippen LogP contribution < -0.4 is 20.3 Å². The van der Waals surface area contributed by atoms with E-state index in [9.17, 15) is 14.7 Å². The minimum absolute atomic E-state index is 0.0259. The van der Waals surface area contributed by atoms with Gasteiger partial charge < -0.3 is 28.8 Å². The Morgan fingerprint density at radius 1 is 0.800 bits per heavy atom. The number of fused-ring (bicyclic) bond motifs is 1. The lowest BCUT2D eigenvalue weighted by Gasteiger charge is -2.37. The van der Waals surface area contributed by atoms with Crippen molar-refractivity contribution >= 4 is 55.3 Å². The number of nitrogens with zero attached hydrogens (tertiary/aromatic N) is 3. The summed E-state index contributed by atoms with van der Waals surface area (Å²) in [5.41, 5.74) is 1.77. The first-order chi connectivity index (χ1) is 31.7. The first kappa shape index (κ1) is 41.8. The lowest BCUT2D eigenvalue weighted by atomic mass is 9.80. The van der Waals surface area contributed by atoms with Crippen molar-refractivity contribution in [1.82, 2.24) is 19.5 Å². The molecule has 1 aliphatic rings. The molecule has 2 aromatic heterocycles. The van der Waals surface area contributed by atoms with E-state index in [2.05, 4.69) is 74.9 Å². The highest BCUT2D eigenvalue weighted by Gasteiger charge is 2.48. The minimum atomic E-state index is -1.25. The average Bonchev–Trinajstić information content (AvgIpc) is 3.91. The van der Waals surface area contributed by atoms with Gasteiger partial charge in [0, 0.05) is 5.92 Å². The van der Waals surface area contributed by atoms with Gasteiger partial charge in [-0.1, -0.05) is 123 Å². The Balaban J connectivity index is 1.05. The van der Waals surface area contributed by atoms with E-state index in [1.165, 1.54) is 11.7 Å². The van der Waals surface area contributed by atoms with E-state index in [0.29, 0.717) is 11.5 Å². The fourth-order valence-electron chi connectivity index (χ4n) is 9.08. The van der Waals surface area contributed by atoms with Crippen LogP contribution in [0.2, 0.25) is 0 Å². The lowest BCUT2D eigenvalue weighted by molar-refractivity contribution is -0.118. The summed E-state index contributed by atoms with van der Waals surface area (Å²) in [6.45, 7) is 3.49. The topological polar surface area (TPSA) is 159 Å². The van der Waals surface area contributed by atoms with Crippen molar-refractivity contribution in [2.45, 2.75) is 50.6 Å². The molecule has 13 nitrogen and oxygen atoms in total. The van der Waals surface area contributed by atoms with E-state index in [0.717, 1.165) is 49.2 Å². The van der Waals surface area contributed by atoms with Gasteiger partial charge in [0.25, 0.3) is 5.56 Å². The number of carbonyl (C=O) groups is 1. The summed E-state index contributed by atoms with van der Waals surface area (Å²) in [6, 6.07) is 44.2. The van der Waals surface area contributed by atoms with Gasteiger partial charge in [-0.25, -0.2) is 4.98 Å². The number of aromatic amines is 1. The van der Waals surface area contributed by atoms with Gasteiger partial charge in [-0.15, -0.1) is 0 Å². The highest BCUT2D eigenvalue weighted by Crippen LogP contribution is 2.44. The minimum Gasteiger partial charge on any atom is -0.497 e. The van der Waals surface area contributed by atoms with Gasteiger partial charge in [-0.05, 0) is 78.8 Å². The summed E-state index contributed by atoms with van der Waals surface area (Å²) in [5, 5.41) is 22.0. The number of methoxy groups -OCH3 is 2. The number of amides is 1. The standard InChI is InChI=1S/C52H47N5O8/c1-30(2)48(59)55-51-54-47-44(49(60)56-51)53-29-57(47)50-46(63-27-34-16-15-33-14-13-31-9-8-10-32-17-26-40(34)43(33)42(31)32)45(58)41(65-50)28-64-52(35-11-6-5-7-12-35,36-18-22-38(61-3)23-19-36)37-20-24-39(62-4)25-21-37/h5-26,29-30,41,45-46,50,58H,27-28H2,1-4H3,(H2,54,55,56,59,60)/t41-,45-,46-,50-/m1/s1. The molecule has 13 heteroatoms. The number of aromatic nitrogens is 4. The van der Waals surface area contributed by atoms with Gasteiger partial charge in [-0.2, -0.15) is 4.98 Å². The zero-order chi connectivity index (χ0) is 44.8. The highest BCUT2D eigenvalue weighted by molar-refractivity contribution is 6.23. The van der Waals surface area contributed by atoms with E-state index in [1.54, 1.807) is 32.6 Å². The molecule has 3 heterocycles. The van der Waals surface area contributed by atoms with Gasteiger partial charge in [0.2, 0.25) is 11.9 Å². The van der Waals surface area contributed by atoms with Gasteiger partial charge >= 0.3 is 0 Å². The number of anilines is 1. The number of benzene rings is 7. The normalized spacial score (nSPS) is 17.8. The monoisotopic (exact) mass is 869 g/mol. The van der Waals surface area contributed by atoms with Crippen molar-refractivity contribution in [1.29, 1.82) is 0 Å². The molecule has 0 spiro atoms. The maximum atomic E-state index is 13.4. The zero-order valence-electron chi connectivity index (χ0n) is 36.2. The van der Waals surface area contributed by atoms with Crippen LogP contribution in [0.1, 0.15) is 42.3 Å². The predicted molar refractivity (Wildman–Crippen MR) is 249 cm³/mol. The van der Waals surface area contributed by atoms with Crippen molar-refractivity contribution in [3.63, 3.8) is 0 Å². The van der Waals surface area contributed by atoms with Crippen molar-refractivity contribution in [3.05, 3.63) is 172 Å². The van der Waals surface area contributed by atoms with Gasteiger partial charge in [-0.3, -0.25) is 24.5 Å². The third-order valence-corrected chi connectivity index (χ3v) is 12.5. The average molecular weight is 870 g/mol. The molecular formula is C52H47N5O8. The van der Waals surface area contributed by atoms with Crippen LogP contribution in [0.25, 0.3) is 43.5 Å². The molecule has 1 amide bonds. The van der Waals surface area contributed by atoms with Crippen molar-refractivity contribution in [2.24, 2.45) is 5.92 Å². The SMILES string of the molecule is COc1ccc(C(OC[C@H]2O[C@@H](n3cnc4c(=O)[nH]c(NC(=O)C(C)C)nc43)[C@H](OCc3ccc4ccc5cccc6ccc3c4c56)[C@@H]2O)(c2ccccc2)c2ccc(OC)cc2)cc1. The summed E-state index contributed by atoms with van der Waals surface area (Å²) >= 11 is 0. The van der Waals surface area contributed by atoms with E-state index in [-0.39, 0.29) is 42.2 Å². The summed E-state index contributed by atoms with van der Waals surface area (Å²) in [6.07, 6.45) is -2.83. The van der Waals surface area contributed by atoms with Gasteiger partial charge in [0.05, 0.1) is 33.8 Å². The van der Waals surface area contributed by atoms with Crippen LogP contribution in [0.15, 0.2) is 145 Å². The molecule has 1 aliphatic heterocycles. The van der Waals surface area contributed by atoms with E-state index in [1.807, 2.05) is 78.9 Å². The molecular weight excluding hydrogens is 823 g/mol. The molecule has 9 aromatic rings. The van der Waals surface area contributed by atoms with Crippen molar-refractivity contribution < 1.29 is 33.6 Å². The van der Waals surface area contributed by atoms with Crippen LogP contribution in [0.4, 0.5) is 5.95 Å². The number of carbonyl (C=O) groups excluding carboxylic acids is 1. The van der Waals surface area contributed by atoms with Gasteiger partial charge in [0.15, 0.2) is 17.4 Å². The number of nitrogens with one attached hydrogen (secondary N) is 2. The summed E-state index contributed by atoms with van der Waals surface area (Å²) < 4.78 is 33.5. The number of aliphatic hydroxyl groups is 1. The van der Waals surface area contributed by atoms with E-state index >= 15 is 0 Å². The second-order valence-electron chi connectivity index (χ2n) is 16.6. The van der Waals surface area contributed by atoms with Crippen molar-refractivity contribution in [2.75, 3.05) is 26.1 Å². The zero-order valence-corrected chi connectivity index (χ0v) is 36.2. The molecule has 0 aliphatic carbocycles. The molecule has 65 heavy (non-hydrogen) atoms. The van der Waals surface area contributed by atoms with Crippen LogP contribution in [-0.2, 0) is 31.2 Å². The molecule has 1 saturated heterocycles. The Kier molecular flexibility index (Phi) is 11.0. The smallest absolute Gasteiger partial charge is 0.280 e. The summed E-state index contributed by atoms with van der Waals surface area (Å²) in [7, 11) is 3.24. The summed E-state index contributed by atoms with van der Waals surface area (Å²) in [4.78, 5) is 37.8. The Hall–Kier alpha value is -7.16. The number of aliphatic hydroxyl groups excluding tert-OH is 1. The van der Waals surface area contributed by atoms with Crippen LogP contribution >= 0.6 is 0 Å². The number of hydrogen-bond acceptors (Lipinski definition) is 10. The van der Waals surface area contributed by atoms with Crippen LogP contribution in [0.5, 0.6) is 11.5 Å². The number of rotatable bonds is 14. The molecule has 10 rings (SSSR count). The predicted octanol–water partition coefficient (Wildman–Crippen LogP) is 8.48. The van der Waals surface area contributed by atoms with Crippen molar-refractivity contribution in [3.8, 4) is 11.5 Å². The largest absolute Gasteiger partial charge is 0.497 e. The number of imidazole rings is 1. The van der Waals surface area contributed by atoms with E-state index in [4.69, 9.17) is 23.7 Å². The maximum absolute atomic E-state index is 13.4. The number of H-pyrrole nitrogens is 1. The molecule has 0 unspecified atom stereocenters. The highest BCUT2D eigenvalue weighted by atomic mass is 16.6. The number of ether oxygens (including phenoxy) is 5. The third-order valence-electron chi connectivity index (χ3n) is 12.5.